The second kappa shape index (κ2) is 6.91. The number of thiophene rings is 1. The van der Waals surface area contributed by atoms with Gasteiger partial charge < -0.3 is 10.1 Å². The number of ether oxygens (including phenoxy) is 1. The monoisotopic (exact) mass is 296 g/mol. The van der Waals surface area contributed by atoms with Crippen molar-refractivity contribution >= 4 is 22.4 Å². The van der Waals surface area contributed by atoms with E-state index in [1.54, 1.807) is 26.8 Å². The van der Waals surface area contributed by atoms with E-state index in [1.165, 1.54) is 6.07 Å². The number of nitrogens with one attached hydrogen (secondary N) is 1. The maximum Gasteiger partial charge on any atom is 0.407 e. The van der Waals surface area contributed by atoms with Crippen molar-refractivity contribution in [3.8, 4) is 11.8 Å². The van der Waals surface area contributed by atoms with Gasteiger partial charge in [0.1, 0.15) is 5.60 Å². The van der Waals surface area contributed by atoms with E-state index in [4.69, 9.17) is 4.74 Å². The molecule has 0 aromatic carbocycles. The zero-order chi connectivity index (χ0) is 15.2. The molecule has 108 valence electrons. The Hall–Kier alpha value is -2.07. The maximum atomic E-state index is 11.3. The summed E-state index contributed by atoms with van der Waals surface area (Å²) >= 11 is 1.03. The van der Waals surface area contributed by atoms with Gasteiger partial charge >= 0.3 is 11.1 Å². The molecule has 0 saturated heterocycles. The van der Waals surface area contributed by atoms with Gasteiger partial charge in [-0.05, 0) is 26.8 Å². The van der Waals surface area contributed by atoms with Crippen molar-refractivity contribution in [3.63, 3.8) is 0 Å². The average Bonchev–Trinajstić information content (AvgIpc) is 2.75. The van der Waals surface area contributed by atoms with Crippen molar-refractivity contribution < 1.29 is 14.5 Å². The summed E-state index contributed by atoms with van der Waals surface area (Å²) in [5.74, 6) is 5.65. The van der Waals surface area contributed by atoms with E-state index >= 15 is 0 Å². The van der Waals surface area contributed by atoms with Gasteiger partial charge in [-0.15, -0.1) is 0 Å². The summed E-state index contributed by atoms with van der Waals surface area (Å²) in [5, 5.41) is 13.1. The van der Waals surface area contributed by atoms with Crippen LogP contribution in [-0.4, -0.2) is 23.2 Å². The number of alkyl carbamates (subject to hydrolysis) is 1. The molecule has 20 heavy (non-hydrogen) atoms. The Morgan fingerprint density at radius 2 is 2.20 bits per heavy atom. The van der Waals surface area contributed by atoms with Gasteiger partial charge in [0.25, 0.3) is 0 Å². The lowest BCUT2D eigenvalue weighted by atomic mass is 10.2. The lowest BCUT2D eigenvalue weighted by Gasteiger charge is -2.19. The SMILES string of the molecule is CC(C)(C)OC(=O)NCCC#Cc1ccc([N+](=O)[O-])s1. The van der Waals surface area contributed by atoms with Gasteiger partial charge in [-0.1, -0.05) is 23.2 Å². The van der Waals surface area contributed by atoms with Crippen LogP contribution in [0.5, 0.6) is 0 Å². The highest BCUT2D eigenvalue weighted by molar-refractivity contribution is 7.15. The second-order valence-electron chi connectivity index (χ2n) is 4.88. The number of amides is 1. The van der Waals surface area contributed by atoms with Crippen LogP contribution in [0.25, 0.3) is 0 Å². The quantitative estimate of drug-likeness (QED) is 0.402. The summed E-state index contributed by atoms with van der Waals surface area (Å²) in [6, 6.07) is 3.03. The van der Waals surface area contributed by atoms with Crippen LogP contribution in [0.4, 0.5) is 9.80 Å². The first-order chi connectivity index (χ1) is 9.28. The van der Waals surface area contributed by atoms with E-state index in [0.717, 1.165) is 11.3 Å². The number of rotatable bonds is 3. The predicted octanol–water partition coefficient (Wildman–Crippen LogP) is 2.92. The molecule has 1 aromatic rings. The standard InChI is InChI=1S/C13H16N2O4S/c1-13(2,3)19-12(16)14-9-5-4-6-10-7-8-11(20-10)15(17)18/h7-8H,5,9H2,1-3H3,(H,14,16). The first-order valence-corrected chi connectivity index (χ1v) is 6.79. The van der Waals surface area contributed by atoms with Gasteiger partial charge in [0, 0.05) is 19.0 Å². The smallest absolute Gasteiger partial charge is 0.407 e. The molecule has 0 unspecified atom stereocenters. The molecule has 7 heteroatoms. The zero-order valence-corrected chi connectivity index (χ0v) is 12.4. The first kappa shape index (κ1) is 16.0. The van der Waals surface area contributed by atoms with Crippen LogP contribution in [0.2, 0.25) is 0 Å². The van der Waals surface area contributed by atoms with Crippen molar-refractivity contribution in [1.82, 2.24) is 5.32 Å². The van der Waals surface area contributed by atoms with E-state index in [9.17, 15) is 14.9 Å². The summed E-state index contributed by atoms with van der Waals surface area (Å²) in [7, 11) is 0. The summed E-state index contributed by atoms with van der Waals surface area (Å²) in [6.07, 6.45) is -0.0312. The maximum absolute atomic E-state index is 11.3. The average molecular weight is 296 g/mol. The summed E-state index contributed by atoms with van der Waals surface area (Å²) in [5.41, 5.74) is -0.522. The van der Waals surface area contributed by atoms with Gasteiger partial charge in [0.05, 0.1) is 9.80 Å². The number of nitrogens with zero attached hydrogens (tertiary/aromatic N) is 1. The highest BCUT2D eigenvalue weighted by atomic mass is 32.1. The van der Waals surface area contributed by atoms with Gasteiger partial charge in [0.2, 0.25) is 0 Å². The molecule has 0 atom stereocenters. The minimum absolute atomic E-state index is 0.0705. The Morgan fingerprint density at radius 1 is 1.50 bits per heavy atom. The molecule has 1 amide bonds. The summed E-state index contributed by atoms with van der Waals surface area (Å²) in [4.78, 5) is 22.0. The minimum atomic E-state index is -0.522. The van der Waals surface area contributed by atoms with Crippen LogP contribution in [0.1, 0.15) is 32.1 Å². The molecule has 0 bridgehead atoms. The van der Waals surface area contributed by atoms with Gasteiger partial charge in [0.15, 0.2) is 0 Å². The third kappa shape index (κ3) is 6.20. The molecular formula is C13H16N2O4S. The van der Waals surface area contributed by atoms with Crippen molar-refractivity contribution in [2.45, 2.75) is 32.8 Å². The van der Waals surface area contributed by atoms with Crippen molar-refractivity contribution in [1.29, 1.82) is 0 Å². The Balaban J connectivity index is 2.33. The zero-order valence-electron chi connectivity index (χ0n) is 11.6. The highest BCUT2D eigenvalue weighted by Gasteiger charge is 2.15. The van der Waals surface area contributed by atoms with Gasteiger partial charge in [-0.2, -0.15) is 0 Å². The molecule has 1 heterocycles. The number of hydrogen-bond acceptors (Lipinski definition) is 5. The second-order valence-corrected chi connectivity index (χ2v) is 5.94. The molecule has 0 radical (unpaired) electrons. The molecule has 1 rings (SSSR count). The van der Waals surface area contributed by atoms with Crippen molar-refractivity contribution in [2.24, 2.45) is 0 Å². The molecule has 6 nitrogen and oxygen atoms in total. The number of carbonyl (C=O) groups excluding carboxylic acids is 1. The Bertz CT molecular complexity index is 549. The van der Waals surface area contributed by atoms with Gasteiger partial charge in [-0.3, -0.25) is 10.1 Å². The highest BCUT2D eigenvalue weighted by Crippen LogP contribution is 2.22. The lowest BCUT2D eigenvalue weighted by molar-refractivity contribution is -0.380. The molecular weight excluding hydrogens is 280 g/mol. The van der Waals surface area contributed by atoms with E-state index in [1.807, 2.05) is 0 Å². The fraction of sp³-hybridized carbons (Fsp3) is 0.462. The van der Waals surface area contributed by atoms with Crippen LogP contribution in [0, 0.1) is 22.0 Å². The first-order valence-electron chi connectivity index (χ1n) is 5.98. The summed E-state index contributed by atoms with van der Waals surface area (Å²) < 4.78 is 5.06. The van der Waals surface area contributed by atoms with Crippen LogP contribution < -0.4 is 5.32 Å². The minimum Gasteiger partial charge on any atom is -0.444 e. The molecule has 0 fully saturated rings. The largest absolute Gasteiger partial charge is 0.444 e. The van der Waals surface area contributed by atoms with Crippen molar-refractivity contribution in [3.05, 3.63) is 27.1 Å². The molecule has 0 spiro atoms. The fourth-order valence-electron chi connectivity index (χ4n) is 1.18. The van der Waals surface area contributed by atoms with Crippen LogP contribution >= 0.6 is 11.3 Å². The predicted molar refractivity (Wildman–Crippen MR) is 76.7 cm³/mol. The molecule has 0 saturated carbocycles. The van der Waals surface area contributed by atoms with E-state index in [0.29, 0.717) is 17.8 Å². The third-order valence-electron chi connectivity index (χ3n) is 1.90. The van der Waals surface area contributed by atoms with Gasteiger partial charge in [-0.25, -0.2) is 4.79 Å². The number of carbonyl (C=O) groups is 1. The van der Waals surface area contributed by atoms with Crippen molar-refractivity contribution in [2.75, 3.05) is 6.54 Å². The number of nitro groups is 1. The molecule has 1 aromatic heterocycles. The molecule has 0 aliphatic rings. The third-order valence-corrected chi connectivity index (χ3v) is 2.85. The fourth-order valence-corrected chi connectivity index (χ4v) is 1.88. The van der Waals surface area contributed by atoms with E-state index in [2.05, 4.69) is 17.2 Å². The topological polar surface area (TPSA) is 81.5 Å². The Kier molecular flexibility index (Phi) is 5.53. The van der Waals surface area contributed by atoms with E-state index in [-0.39, 0.29) is 5.00 Å². The summed E-state index contributed by atoms with van der Waals surface area (Å²) in [6.45, 7) is 5.73. The molecule has 0 aliphatic heterocycles. The number of hydrogen-bond donors (Lipinski definition) is 1. The Morgan fingerprint density at radius 3 is 2.75 bits per heavy atom. The van der Waals surface area contributed by atoms with Crippen LogP contribution in [0.15, 0.2) is 12.1 Å². The lowest BCUT2D eigenvalue weighted by Crippen LogP contribution is -2.32. The Labute approximate surface area is 121 Å². The van der Waals surface area contributed by atoms with E-state index < -0.39 is 16.6 Å². The molecule has 0 aliphatic carbocycles. The molecule has 1 N–H and O–H groups in total. The normalized spacial score (nSPS) is 10.3. The van der Waals surface area contributed by atoms with Crippen LogP contribution in [0.3, 0.4) is 0 Å². The van der Waals surface area contributed by atoms with Crippen LogP contribution in [-0.2, 0) is 4.74 Å².